The van der Waals surface area contributed by atoms with Gasteiger partial charge in [0.1, 0.15) is 10.0 Å². The van der Waals surface area contributed by atoms with E-state index in [0.717, 1.165) is 10.0 Å². The van der Waals surface area contributed by atoms with Crippen LogP contribution in [0.1, 0.15) is 39.2 Å². The molecule has 0 spiro atoms. The molecule has 0 aliphatic heterocycles. The van der Waals surface area contributed by atoms with Crippen LogP contribution in [0, 0.1) is 0 Å². The first kappa shape index (κ1) is 10.7. The maximum absolute atomic E-state index is 5.77. The SMILES string of the molecule is ClCc1nnc(C2CCCc3sccc32)s1. The molecule has 0 saturated heterocycles. The maximum Gasteiger partial charge on any atom is 0.132 e. The van der Waals surface area contributed by atoms with Gasteiger partial charge in [-0.3, -0.25) is 0 Å². The van der Waals surface area contributed by atoms with Gasteiger partial charge in [-0.05, 0) is 36.3 Å². The molecule has 0 fully saturated rings. The molecule has 2 heterocycles. The van der Waals surface area contributed by atoms with E-state index in [2.05, 4.69) is 21.6 Å². The molecule has 1 atom stereocenters. The molecule has 3 rings (SSSR count). The van der Waals surface area contributed by atoms with Crippen molar-refractivity contribution < 1.29 is 0 Å². The van der Waals surface area contributed by atoms with Gasteiger partial charge in [0.2, 0.25) is 0 Å². The molecule has 0 aromatic carbocycles. The summed E-state index contributed by atoms with van der Waals surface area (Å²) in [5.74, 6) is 0.936. The van der Waals surface area contributed by atoms with E-state index in [1.165, 1.54) is 29.7 Å². The van der Waals surface area contributed by atoms with Gasteiger partial charge in [0.15, 0.2) is 0 Å². The van der Waals surface area contributed by atoms with Crippen molar-refractivity contribution in [1.82, 2.24) is 10.2 Å². The van der Waals surface area contributed by atoms with Crippen LogP contribution in [0.4, 0.5) is 0 Å². The molecule has 1 aliphatic carbocycles. The monoisotopic (exact) mass is 270 g/mol. The highest BCUT2D eigenvalue weighted by Crippen LogP contribution is 2.40. The number of hydrogen-bond acceptors (Lipinski definition) is 4. The molecule has 1 unspecified atom stereocenters. The summed E-state index contributed by atoms with van der Waals surface area (Å²) in [6, 6.07) is 2.24. The Bertz CT molecular complexity index is 492. The predicted molar refractivity (Wildman–Crippen MR) is 68.6 cm³/mol. The highest BCUT2D eigenvalue weighted by atomic mass is 35.5. The highest BCUT2D eigenvalue weighted by molar-refractivity contribution is 7.11. The van der Waals surface area contributed by atoms with Crippen molar-refractivity contribution in [2.75, 3.05) is 0 Å². The van der Waals surface area contributed by atoms with E-state index in [4.69, 9.17) is 11.6 Å². The smallest absolute Gasteiger partial charge is 0.132 e. The molecule has 2 nitrogen and oxygen atoms in total. The van der Waals surface area contributed by atoms with E-state index in [-0.39, 0.29) is 0 Å². The van der Waals surface area contributed by atoms with Gasteiger partial charge in [-0.15, -0.1) is 33.1 Å². The van der Waals surface area contributed by atoms with Crippen LogP contribution >= 0.6 is 34.3 Å². The first-order valence-electron chi connectivity index (χ1n) is 5.33. The van der Waals surface area contributed by atoms with Gasteiger partial charge in [0, 0.05) is 10.8 Å². The van der Waals surface area contributed by atoms with Crippen molar-refractivity contribution >= 4 is 34.3 Å². The fourth-order valence-corrected chi connectivity index (χ4v) is 4.26. The molecule has 16 heavy (non-hydrogen) atoms. The van der Waals surface area contributed by atoms with Crippen LogP contribution in [0.3, 0.4) is 0 Å². The molecule has 5 heteroatoms. The largest absolute Gasteiger partial charge is 0.149 e. The average Bonchev–Trinajstić information content (AvgIpc) is 2.97. The topological polar surface area (TPSA) is 25.8 Å². The Morgan fingerprint density at radius 1 is 1.44 bits per heavy atom. The molecule has 0 bridgehead atoms. The second-order valence-corrected chi connectivity index (χ2v) is 6.27. The fourth-order valence-electron chi connectivity index (χ4n) is 2.20. The zero-order chi connectivity index (χ0) is 11.0. The van der Waals surface area contributed by atoms with Gasteiger partial charge in [-0.25, -0.2) is 0 Å². The van der Waals surface area contributed by atoms with Gasteiger partial charge in [0.05, 0.1) is 5.88 Å². The van der Waals surface area contributed by atoms with Crippen molar-refractivity contribution in [2.24, 2.45) is 0 Å². The maximum atomic E-state index is 5.77. The number of aryl methyl sites for hydroxylation is 1. The van der Waals surface area contributed by atoms with Gasteiger partial charge < -0.3 is 0 Å². The van der Waals surface area contributed by atoms with Gasteiger partial charge >= 0.3 is 0 Å². The highest BCUT2D eigenvalue weighted by Gasteiger charge is 2.25. The third-order valence-corrected chi connectivity index (χ3v) is 5.39. The number of halogens is 1. The number of nitrogens with zero attached hydrogens (tertiary/aromatic N) is 2. The van der Waals surface area contributed by atoms with Crippen LogP contribution in [0.5, 0.6) is 0 Å². The summed E-state index contributed by atoms with van der Waals surface area (Å²) in [7, 11) is 0. The first-order valence-corrected chi connectivity index (χ1v) is 7.56. The number of alkyl halides is 1. The standard InChI is InChI=1S/C11H11ClN2S2/c12-6-10-13-14-11(16-10)8-2-1-3-9-7(8)4-5-15-9/h4-5,8H,1-3,6H2. The lowest BCUT2D eigenvalue weighted by Crippen LogP contribution is -2.08. The molecule has 0 amide bonds. The molecule has 84 valence electrons. The molecule has 2 aromatic rings. The minimum absolute atomic E-state index is 0.462. The van der Waals surface area contributed by atoms with E-state index in [0.29, 0.717) is 11.8 Å². The van der Waals surface area contributed by atoms with Crippen LogP contribution in [-0.4, -0.2) is 10.2 Å². The second-order valence-electron chi connectivity index (χ2n) is 3.91. The van der Waals surface area contributed by atoms with E-state index >= 15 is 0 Å². The molecular weight excluding hydrogens is 260 g/mol. The summed E-state index contributed by atoms with van der Waals surface area (Å²) in [4.78, 5) is 1.53. The minimum atomic E-state index is 0.462. The van der Waals surface area contributed by atoms with E-state index in [9.17, 15) is 0 Å². The molecule has 0 radical (unpaired) electrons. The third kappa shape index (κ3) is 1.79. The lowest BCUT2D eigenvalue weighted by Gasteiger charge is -2.19. The summed E-state index contributed by atoms with van der Waals surface area (Å²) >= 11 is 9.29. The minimum Gasteiger partial charge on any atom is -0.149 e. The lowest BCUT2D eigenvalue weighted by molar-refractivity contribution is 0.617. The third-order valence-electron chi connectivity index (χ3n) is 2.95. The quantitative estimate of drug-likeness (QED) is 0.776. The van der Waals surface area contributed by atoms with Crippen LogP contribution < -0.4 is 0 Å². The molecule has 0 N–H and O–H groups in total. The van der Waals surface area contributed by atoms with E-state index in [1.54, 1.807) is 11.3 Å². The normalized spacial score (nSPS) is 19.7. The number of hydrogen-bond donors (Lipinski definition) is 0. The van der Waals surface area contributed by atoms with Crippen molar-refractivity contribution in [3.63, 3.8) is 0 Å². The van der Waals surface area contributed by atoms with Crippen molar-refractivity contribution in [1.29, 1.82) is 0 Å². The van der Waals surface area contributed by atoms with Crippen LogP contribution in [0.2, 0.25) is 0 Å². The van der Waals surface area contributed by atoms with Gasteiger partial charge in [-0.1, -0.05) is 11.3 Å². The van der Waals surface area contributed by atoms with Crippen LogP contribution in [0.15, 0.2) is 11.4 Å². The summed E-state index contributed by atoms with van der Waals surface area (Å²) < 4.78 is 0. The van der Waals surface area contributed by atoms with Crippen molar-refractivity contribution in [3.05, 3.63) is 31.9 Å². The van der Waals surface area contributed by atoms with E-state index < -0.39 is 0 Å². The molecule has 0 saturated carbocycles. The van der Waals surface area contributed by atoms with Crippen molar-refractivity contribution in [2.45, 2.75) is 31.1 Å². The Balaban J connectivity index is 1.97. The Morgan fingerprint density at radius 2 is 2.38 bits per heavy atom. The van der Waals surface area contributed by atoms with Gasteiger partial charge in [-0.2, -0.15) is 0 Å². The second kappa shape index (κ2) is 4.43. The van der Waals surface area contributed by atoms with Gasteiger partial charge in [0.25, 0.3) is 0 Å². The fraction of sp³-hybridized carbons (Fsp3) is 0.455. The summed E-state index contributed by atoms with van der Waals surface area (Å²) in [5, 5.41) is 12.6. The zero-order valence-corrected chi connectivity index (χ0v) is 11.0. The average molecular weight is 271 g/mol. The van der Waals surface area contributed by atoms with Crippen LogP contribution in [-0.2, 0) is 12.3 Å². The summed E-state index contributed by atoms with van der Waals surface area (Å²) in [6.45, 7) is 0. The number of fused-ring (bicyclic) bond motifs is 1. The molecule has 2 aromatic heterocycles. The Labute approximate surface area is 107 Å². The lowest BCUT2D eigenvalue weighted by atomic mass is 9.88. The summed E-state index contributed by atoms with van der Waals surface area (Å²) in [6.07, 6.45) is 3.68. The zero-order valence-electron chi connectivity index (χ0n) is 8.65. The number of thiophene rings is 1. The Morgan fingerprint density at radius 3 is 3.19 bits per heavy atom. The Kier molecular flexibility index (Phi) is 2.96. The molecule has 1 aliphatic rings. The summed E-state index contributed by atoms with van der Waals surface area (Å²) in [5.41, 5.74) is 1.47. The van der Waals surface area contributed by atoms with Crippen molar-refractivity contribution in [3.8, 4) is 0 Å². The van der Waals surface area contributed by atoms with Crippen LogP contribution in [0.25, 0.3) is 0 Å². The number of aromatic nitrogens is 2. The molecular formula is C11H11ClN2S2. The van der Waals surface area contributed by atoms with E-state index in [1.807, 2.05) is 11.3 Å². The Hall–Kier alpha value is -0.450. The first-order chi connectivity index (χ1) is 7.88. The number of rotatable bonds is 2. The predicted octanol–water partition coefficient (Wildman–Crippen LogP) is 3.81.